The van der Waals surface area contributed by atoms with E-state index in [-0.39, 0.29) is 17.3 Å². The molecule has 0 fully saturated rings. The minimum atomic E-state index is -3.56. The number of carbonyl (C=O) groups is 1. The maximum atomic E-state index is 12.3. The fourth-order valence-electron chi connectivity index (χ4n) is 2.23. The molecule has 0 aliphatic heterocycles. The first-order valence-electron chi connectivity index (χ1n) is 7.09. The summed E-state index contributed by atoms with van der Waals surface area (Å²) in [7, 11) is -0.612. The zero-order chi connectivity index (χ0) is 17.2. The molecule has 1 aromatic heterocycles. The Hall–Kier alpha value is -2.12. The Morgan fingerprint density at radius 2 is 1.87 bits per heavy atom. The number of furan rings is 1. The van der Waals surface area contributed by atoms with Gasteiger partial charge in [-0.2, -0.15) is 0 Å². The SMILES string of the molecule is Cc1cc(C(=O)NCc2ccccc2S(=O)(=O)N(C)C)c(C)o1. The van der Waals surface area contributed by atoms with Crippen molar-refractivity contribution in [1.29, 1.82) is 0 Å². The normalized spacial score (nSPS) is 11.7. The zero-order valence-corrected chi connectivity index (χ0v) is 14.4. The van der Waals surface area contributed by atoms with Crippen LogP contribution < -0.4 is 5.32 Å². The van der Waals surface area contributed by atoms with Crippen LogP contribution in [0.4, 0.5) is 0 Å². The molecule has 6 nitrogen and oxygen atoms in total. The predicted octanol–water partition coefficient (Wildman–Crippen LogP) is 2.08. The van der Waals surface area contributed by atoms with Crippen molar-refractivity contribution in [1.82, 2.24) is 9.62 Å². The van der Waals surface area contributed by atoms with Crippen LogP contribution in [0.2, 0.25) is 0 Å². The maximum absolute atomic E-state index is 12.3. The number of benzene rings is 1. The van der Waals surface area contributed by atoms with Gasteiger partial charge in [-0.1, -0.05) is 18.2 Å². The summed E-state index contributed by atoms with van der Waals surface area (Å²) < 4.78 is 31.1. The summed E-state index contributed by atoms with van der Waals surface area (Å²) in [4.78, 5) is 12.4. The van der Waals surface area contributed by atoms with Crippen molar-refractivity contribution < 1.29 is 17.6 Å². The highest BCUT2D eigenvalue weighted by atomic mass is 32.2. The van der Waals surface area contributed by atoms with Gasteiger partial charge in [0.25, 0.3) is 5.91 Å². The molecule has 1 aromatic carbocycles. The highest BCUT2D eigenvalue weighted by Crippen LogP contribution is 2.19. The molecule has 0 spiro atoms. The number of carbonyl (C=O) groups excluding carboxylic acids is 1. The average molecular weight is 336 g/mol. The second-order valence-electron chi connectivity index (χ2n) is 5.40. The molecule has 1 N–H and O–H groups in total. The van der Waals surface area contributed by atoms with Gasteiger partial charge in [-0.3, -0.25) is 4.79 Å². The van der Waals surface area contributed by atoms with Gasteiger partial charge in [0.2, 0.25) is 10.0 Å². The third kappa shape index (κ3) is 3.62. The van der Waals surface area contributed by atoms with Crippen molar-refractivity contribution in [3.05, 3.63) is 53.0 Å². The summed E-state index contributed by atoms with van der Waals surface area (Å²) in [5.41, 5.74) is 0.989. The Morgan fingerprint density at radius 3 is 2.43 bits per heavy atom. The van der Waals surface area contributed by atoms with Crippen molar-refractivity contribution >= 4 is 15.9 Å². The number of aryl methyl sites for hydroxylation is 2. The van der Waals surface area contributed by atoms with Gasteiger partial charge < -0.3 is 9.73 Å². The quantitative estimate of drug-likeness (QED) is 0.906. The lowest BCUT2D eigenvalue weighted by molar-refractivity contribution is 0.0949. The minimum Gasteiger partial charge on any atom is -0.466 e. The first kappa shape index (κ1) is 17.2. The minimum absolute atomic E-state index is 0.117. The lowest BCUT2D eigenvalue weighted by Crippen LogP contribution is -2.27. The second-order valence-corrected chi connectivity index (χ2v) is 7.52. The Balaban J connectivity index is 2.22. The molecule has 0 saturated heterocycles. The van der Waals surface area contributed by atoms with E-state index in [1.165, 1.54) is 20.2 Å². The first-order chi connectivity index (χ1) is 10.7. The van der Waals surface area contributed by atoms with Crippen LogP contribution in [0.25, 0.3) is 0 Å². The van der Waals surface area contributed by atoms with E-state index in [2.05, 4.69) is 5.32 Å². The Kier molecular flexibility index (Phi) is 4.91. The van der Waals surface area contributed by atoms with E-state index in [1.807, 2.05) is 0 Å². The summed E-state index contributed by atoms with van der Waals surface area (Å²) in [6.07, 6.45) is 0. The molecule has 23 heavy (non-hydrogen) atoms. The van der Waals surface area contributed by atoms with Gasteiger partial charge in [0.15, 0.2) is 0 Å². The molecule has 7 heteroatoms. The number of rotatable bonds is 5. The monoisotopic (exact) mass is 336 g/mol. The number of nitrogens with one attached hydrogen (secondary N) is 1. The van der Waals surface area contributed by atoms with Crippen LogP contribution in [-0.2, 0) is 16.6 Å². The lowest BCUT2D eigenvalue weighted by atomic mass is 10.2. The van der Waals surface area contributed by atoms with E-state index in [9.17, 15) is 13.2 Å². The van der Waals surface area contributed by atoms with E-state index in [4.69, 9.17) is 4.42 Å². The van der Waals surface area contributed by atoms with Crippen molar-refractivity contribution in [3.8, 4) is 0 Å². The Labute approximate surface area is 136 Å². The van der Waals surface area contributed by atoms with Crippen LogP contribution in [0.1, 0.15) is 27.4 Å². The summed E-state index contributed by atoms with van der Waals surface area (Å²) in [6, 6.07) is 8.27. The van der Waals surface area contributed by atoms with Crippen LogP contribution in [0, 0.1) is 13.8 Å². The topological polar surface area (TPSA) is 79.6 Å². The number of sulfonamides is 1. The van der Waals surface area contributed by atoms with Gasteiger partial charge in [0.1, 0.15) is 11.5 Å². The number of nitrogens with zero attached hydrogens (tertiary/aromatic N) is 1. The molecule has 0 aliphatic rings. The maximum Gasteiger partial charge on any atom is 0.255 e. The number of hydrogen-bond acceptors (Lipinski definition) is 4. The zero-order valence-electron chi connectivity index (χ0n) is 13.6. The molecule has 0 atom stereocenters. The summed E-state index contributed by atoms with van der Waals surface area (Å²) >= 11 is 0. The fourth-order valence-corrected chi connectivity index (χ4v) is 3.34. The van der Waals surface area contributed by atoms with Gasteiger partial charge in [-0.15, -0.1) is 0 Å². The first-order valence-corrected chi connectivity index (χ1v) is 8.53. The van der Waals surface area contributed by atoms with E-state index in [0.717, 1.165) is 4.31 Å². The third-order valence-electron chi connectivity index (χ3n) is 3.46. The molecule has 1 amide bonds. The van der Waals surface area contributed by atoms with Crippen LogP contribution in [-0.4, -0.2) is 32.7 Å². The van der Waals surface area contributed by atoms with Gasteiger partial charge in [0, 0.05) is 20.6 Å². The third-order valence-corrected chi connectivity index (χ3v) is 5.37. The van der Waals surface area contributed by atoms with Crippen LogP contribution in [0.5, 0.6) is 0 Å². The molecular formula is C16H20N2O4S. The lowest BCUT2D eigenvalue weighted by Gasteiger charge is -2.15. The number of amides is 1. The summed E-state index contributed by atoms with van der Waals surface area (Å²) in [5, 5.41) is 2.74. The van der Waals surface area contributed by atoms with Crippen molar-refractivity contribution in [2.45, 2.75) is 25.3 Å². The fraction of sp³-hybridized carbons (Fsp3) is 0.312. The standard InChI is InChI=1S/C16H20N2O4S/c1-11-9-14(12(2)22-11)16(19)17-10-13-7-5-6-8-15(13)23(20,21)18(3)4/h5-9H,10H2,1-4H3,(H,17,19). The molecule has 124 valence electrons. The van der Waals surface area contributed by atoms with Crippen LogP contribution in [0.15, 0.2) is 39.6 Å². The van der Waals surface area contributed by atoms with E-state index in [0.29, 0.717) is 22.6 Å². The van der Waals surface area contributed by atoms with Crippen LogP contribution in [0.3, 0.4) is 0 Å². The Morgan fingerprint density at radius 1 is 1.22 bits per heavy atom. The van der Waals surface area contributed by atoms with Crippen molar-refractivity contribution in [3.63, 3.8) is 0 Å². The molecule has 1 heterocycles. The number of hydrogen-bond donors (Lipinski definition) is 1. The molecule has 2 aromatic rings. The van der Waals surface area contributed by atoms with Crippen molar-refractivity contribution in [2.24, 2.45) is 0 Å². The predicted molar refractivity (Wildman–Crippen MR) is 86.7 cm³/mol. The Bertz CT molecular complexity index is 822. The smallest absolute Gasteiger partial charge is 0.255 e. The van der Waals surface area contributed by atoms with E-state index in [1.54, 1.807) is 38.1 Å². The average Bonchev–Trinajstić information content (AvgIpc) is 2.83. The largest absolute Gasteiger partial charge is 0.466 e. The molecule has 0 saturated carbocycles. The molecular weight excluding hydrogens is 316 g/mol. The highest BCUT2D eigenvalue weighted by molar-refractivity contribution is 7.89. The van der Waals surface area contributed by atoms with E-state index >= 15 is 0 Å². The van der Waals surface area contributed by atoms with Gasteiger partial charge in [-0.05, 0) is 31.5 Å². The van der Waals surface area contributed by atoms with Gasteiger partial charge >= 0.3 is 0 Å². The van der Waals surface area contributed by atoms with Crippen LogP contribution >= 0.6 is 0 Å². The van der Waals surface area contributed by atoms with Crippen molar-refractivity contribution in [2.75, 3.05) is 14.1 Å². The summed E-state index contributed by atoms with van der Waals surface area (Å²) in [6.45, 7) is 3.60. The highest BCUT2D eigenvalue weighted by Gasteiger charge is 2.21. The molecule has 0 aliphatic carbocycles. The summed E-state index contributed by atoms with van der Waals surface area (Å²) in [5.74, 6) is 0.897. The second kappa shape index (κ2) is 6.55. The molecule has 0 bridgehead atoms. The van der Waals surface area contributed by atoms with E-state index < -0.39 is 10.0 Å². The molecule has 0 radical (unpaired) electrons. The van der Waals surface area contributed by atoms with Gasteiger partial charge in [-0.25, -0.2) is 12.7 Å². The van der Waals surface area contributed by atoms with Gasteiger partial charge in [0.05, 0.1) is 10.5 Å². The molecule has 0 unspecified atom stereocenters. The molecule has 2 rings (SSSR count).